The molecule has 1 amide bonds. The van der Waals surface area contributed by atoms with E-state index in [1.165, 1.54) is 0 Å². The number of carbonyl (C=O) groups excluding carboxylic acids is 1. The zero-order valence-electron chi connectivity index (χ0n) is 18.2. The number of aromatic hydroxyl groups is 1. The molecule has 10 heteroatoms. The number of carbonyl (C=O) groups is 1. The number of amides is 1. The minimum atomic E-state index is -0.491. The normalized spacial score (nSPS) is 14.5. The van der Waals surface area contributed by atoms with Crippen molar-refractivity contribution >= 4 is 50.0 Å². The minimum Gasteiger partial charge on any atom is -0.492 e. The van der Waals surface area contributed by atoms with Crippen molar-refractivity contribution in [3.63, 3.8) is 0 Å². The van der Waals surface area contributed by atoms with Gasteiger partial charge in [-0.2, -0.15) is 5.10 Å². The van der Waals surface area contributed by atoms with E-state index in [0.717, 1.165) is 29.9 Å². The number of nitrogens with zero attached hydrogens (tertiary/aromatic N) is 5. The van der Waals surface area contributed by atoms with Gasteiger partial charge in [-0.1, -0.05) is 0 Å². The molecule has 1 aromatic carbocycles. The Bertz CT molecular complexity index is 1120. The molecule has 2 N–H and O–H groups in total. The highest BCUT2D eigenvalue weighted by Crippen LogP contribution is 2.32. The first kappa shape index (κ1) is 22.1. The van der Waals surface area contributed by atoms with E-state index < -0.39 is 5.60 Å². The van der Waals surface area contributed by atoms with Crippen LogP contribution in [0.4, 0.5) is 22.0 Å². The van der Waals surface area contributed by atoms with Gasteiger partial charge in [-0.3, -0.25) is 0 Å². The van der Waals surface area contributed by atoms with Gasteiger partial charge < -0.3 is 25.0 Å². The fourth-order valence-electron chi connectivity index (χ4n) is 3.52. The van der Waals surface area contributed by atoms with Crippen molar-refractivity contribution in [2.45, 2.75) is 26.4 Å². The van der Waals surface area contributed by atoms with Crippen molar-refractivity contribution in [1.29, 1.82) is 0 Å². The predicted molar refractivity (Wildman–Crippen MR) is 126 cm³/mol. The maximum absolute atomic E-state index is 12.3. The monoisotopic (exact) mass is 500 g/mol. The van der Waals surface area contributed by atoms with Gasteiger partial charge in [0, 0.05) is 42.9 Å². The van der Waals surface area contributed by atoms with Crippen LogP contribution >= 0.6 is 15.9 Å². The third kappa shape index (κ3) is 5.01. The lowest BCUT2D eigenvalue weighted by atomic mass is 10.2. The van der Waals surface area contributed by atoms with Crippen molar-refractivity contribution < 1.29 is 14.6 Å². The van der Waals surface area contributed by atoms with Gasteiger partial charge in [0.25, 0.3) is 0 Å². The highest BCUT2D eigenvalue weighted by Gasteiger charge is 2.26. The molecule has 1 aliphatic heterocycles. The molecular weight excluding hydrogens is 476 g/mol. The Kier molecular flexibility index (Phi) is 6.05. The lowest BCUT2D eigenvalue weighted by Crippen LogP contribution is -2.50. The molecule has 9 nitrogen and oxygen atoms in total. The summed E-state index contributed by atoms with van der Waals surface area (Å²) in [6.45, 7) is 8.31. The summed E-state index contributed by atoms with van der Waals surface area (Å²) in [6, 6.07) is 9.72. The van der Waals surface area contributed by atoms with Gasteiger partial charge in [-0.25, -0.2) is 9.78 Å². The fraction of sp³-hybridized carbons (Fsp3) is 0.364. The fourth-order valence-corrected chi connectivity index (χ4v) is 3.95. The summed E-state index contributed by atoms with van der Waals surface area (Å²) in [6.07, 6.45) is 1.31. The van der Waals surface area contributed by atoms with Crippen molar-refractivity contribution in [2.75, 3.05) is 36.4 Å². The van der Waals surface area contributed by atoms with Crippen LogP contribution in [0.3, 0.4) is 0 Å². The van der Waals surface area contributed by atoms with Gasteiger partial charge in [0.2, 0.25) is 5.88 Å². The van der Waals surface area contributed by atoms with E-state index in [9.17, 15) is 9.90 Å². The van der Waals surface area contributed by atoms with E-state index in [1.807, 2.05) is 45.0 Å². The molecule has 4 rings (SSSR count). The number of ether oxygens (including phenoxy) is 1. The molecule has 3 heterocycles. The van der Waals surface area contributed by atoms with E-state index in [1.54, 1.807) is 17.2 Å². The molecule has 1 fully saturated rings. The molecule has 1 saturated heterocycles. The van der Waals surface area contributed by atoms with Gasteiger partial charge in [-0.05, 0) is 67.0 Å². The number of hydrogen-bond acceptors (Lipinski definition) is 8. The zero-order chi connectivity index (χ0) is 22.9. The maximum atomic E-state index is 12.3. The second-order valence-corrected chi connectivity index (χ2v) is 9.36. The third-order valence-corrected chi connectivity index (χ3v) is 5.42. The standard InChI is InChI=1S/C22H25BrN6O3/c1-22(2,3)32-21(31)29-10-8-28(9-11-29)16-6-4-15(5-7-16)25-19-18-14(12-17(23)26-19)13-24-27-20(18)30/h4-7,12-13H,8-11H2,1-3H3,(H,25,26)(H,27,30). The number of halogens is 1. The van der Waals surface area contributed by atoms with Crippen LogP contribution in [0.15, 0.2) is 41.1 Å². The van der Waals surface area contributed by atoms with E-state index in [4.69, 9.17) is 4.74 Å². The molecule has 0 radical (unpaired) electrons. The SMILES string of the molecule is CC(C)(C)OC(=O)N1CCN(c2ccc(Nc3nc(Br)cc4cnnc(O)c34)cc2)CC1. The van der Waals surface area contributed by atoms with Crippen LogP contribution in [-0.2, 0) is 4.74 Å². The lowest BCUT2D eigenvalue weighted by molar-refractivity contribution is 0.0240. The first-order valence-corrected chi connectivity index (χ1v) is 11.1. The average Bonchev–Trinajstić information content (AvgIpc) is 2.73. The van der Waals surface area contributed by atoms with Crippen LogP contribution < -0.4 is 10.2 Å². The summed E-state index contributed by atoms with van der Waals surface area (Å²) in [7, 11) is 0. The molecule has 0 unspecified atom stereocenters. The Morgan fingerprint density at radius 2 is 1.84 bits per heavy atom. The van der Waals surface area contributed by atoms with Gasteiger partial charge in [0.15, 0.2) is 0 Å². The summed E-state index contributed by atoms with van der Waals surface area (Å²) in [5.74, 6) is 0.310. The number of piperazine rings is 1. The Balaban J connectivity index is 1.43. The summed E-state index contributed by atoms with van der Waals surface area (Å²) < 4.78 is 6.09. The van der Waals surface area contributed by atoms with Crippen molar-refractivity contribution in [3.05, 3.63) is 41.1 Å². The van der Waals surface area contributed by atoms with Crippen LogP contribution in [-0.4, -0.2) is 63.1 Å². The molecule has 1 aliphatic rings. The molecular formula is C22H25BrN6O3. The summed E-state index contributed by atoms with van der Waals surface area (Å²) >= 11 is 3.39. The summed E-state index contributed by atoms with van der Waals surface area (Å²) in [5.41, 5.74) is 1.40. The molecule has 0 atom stereocenters. The third-order valence-electron chi connectivity index (χ3n) is 5.02. The van der Waals surface area contributed by atoms with Gasteiger partial charge in [-0.15, -0.1) is 5.10 Å². The lowest BCUT2D eigenvalue weighted by Gasteiger charge is -2.36. The number of nitrogens with one attached hydrogen (secondary N) is 1. The van der Waals surface area contributed by atoms with Gasteiger partial charge in [0.05, 0.1) is 11.6 Å². The molecule has 0 saturated carbocycles. The molecule has 0 spiro atoms. The summed E-state index contributed by atoms with van der Waals surface area (Å²) in [4.78, 5) is 20.7. The van der Waals surface area contributed by atoms with Crippen LogP contribution in [0, 0.1) is 0 Å². The van der Waals surface area contributed by atoms with Gasteiger partial charge in [0.1, 0.15) is 16.0 Å². The van der Waals surface area contributed by atoms with Gasteiger partial charge >= 0.3 is 6.09 Å². The second-order valence-electron chi connectivity index (χ2n) is 8.55. The molecule has 0 bridgehead atoms. The number of fused-ring (bicyclic) bond motifs is 1. The van der Waals surface area contributed by atoms with E-state index in [0.29, 0.717) is 28.9 Å². The first-order chi connectivity index (χ1) is 15.2. The van der Waals surface area contributed by atoms with Crippen LogP contribution in [0.2, 0.25) is 0 Å². The molecule has 32 heavy (non-hydrogen) atoms. The smallest absolute Gasteiger partial charge is 0.410 e. The highest BCUT2D eigenvalue weighted by atomic mass is 79.9. The topological polar surface area (TPSA) is 104 Å². The molecule has 0 aliphatic carbocycles. The number of benzene rings is 1. The number of anilines is 3. The number of pyridine rings is 1. The van der Waals surface area contributed by atoms with Crippen LogP contribution in [0.5, 0.6) is 5.88 Å². The van der Waals surface area contributed by atoms with E-state index in [2.05, 4.69) is 41.3 Å². The van der Waals surface area contributed by atoms with E-state index >= 15 is 0 Å². The Hall–Kier alpha value is -3.14. The number of rotatable bonds is 3. The number of aromatic nitrogens is 3. The van der Waals surface area contributed by atoms with Crippen LogP contribution in [0.25, 0.3) is 10.8 Å². The zero-order valence-corrected chi connectivity index (χ0v) is 19.8. The van der Waals surface area contributed by atoms with Crippen molar-refractivity contribution in [3.8, 4) is 5.88 Å². The Morgan fingerprint density at radius 3 is 2.50 bits per heavy atom. The Morgan fingerprint density at radius 1 is 1.16 bits per heavy atom. The molecule has 2 aromatic heterocycles. The maximum Gasteiger partial charge on any atom is 0.410 e. The molecule has 168 valence electrons. The quantitative estimate of drug-likeness (QED) is 0.513. The van der Waals surface area contributed by atoms with Crippen LogP contribution in [0.1, 0.15) is 20.8 Å². The van der Waals surface area contributed by atoms with E-state index in [-0.39, 0.29) is 12.0 Å². The second kappa shape index (κ2) is 8.78. The predicted octanol–water partition coefficient (Wildman–Crippen LogP) is 4.29. The molecule has 3 aromatic rings. The van der Waals surface area contributed by atoms with Crippen molar-refractivity contribution in [2.24, 2.45) is 0 Å². The van der Waals surface area contributed by atoms with Crippen molar-refractivity contribution in [1.82, 2.24) is 20.1 Å². The average molecular weight is 501 g/mol. The largest absolute Gasteiger partial charge is 0.492 e. The minimum absolute atomic E-state index is 0.176. The summed E-state index contributed by atoms with van der Waals surface area (Å²) in [5, 5.41) is 22.1. The number of hydrogen-bond donors (Lipinski definition) is 2. The Labute approximate surface area is 194 Å². The first-order valence-electron chi connectivity index (χ1n) is 10.3. The highest BCUT2D eigenvalue weighted by molar-refractivity contribution is 9.10.